The Morgan fingerprint density at radius 2 is 2.31 bits per heavy atom. The molecule has 82 valence electrons. The molecule has 2 aromatic rings. The first kappa shape index (κ1) is 9.60. The number of aromatic nitrogens is 2. The summed E-state index contributed by atoms with van der Waals surface area (Å²) >= 11 is 0. The Morgan fingerprint density at radius 1 is 1.38 bits per heavy atom. The van der Waals surface area contributed by atoms with Gasteiger partial charge in [0.15, 0.2) is 0 Å². The molecular formula is C13H15N3. The number of hydrogen-bond acceptors (Lipinski definition) is 2. The molecule has 0 saturated carbocycles. The number of hydrogen-bond donors (Lipinski definition) is 1. The first-order valence-corrected chi connectivity index (χ1v) is 5.71. The summed E-state index contributed by atoms with van der Waals surface area (Å²) in [5, 5.41) is 0. The molecule has 1 aromatic heterocycles. The molecule has 1 aliphatic rings. The van der Waals surface area contributed by atoms with Crippen molar-refractivity contribution in [2.75, 3.05) is 0 Å². The van der Waals surface area contributed by atoms with E-state index >= 15 is 0 Å². The largest absolute Gasteiger partial charge is 0.324 e. The zero-order valence-corrected chi connectivity index (χ0v) is 9.13. The van der Waals surface area contributed by atoms with Crippen molar-refractivity contribution >= 4 is 0 Å². The first-order valence-electron chi connectivity index (χ1n) is 5.71. The van der Waals surface area contributed by atoms with E-state index in [4.69, 9.17) is 5.73 Å². The van der Waals surface area contributed by atoms with Crippen LogP contribution >= 0.6 is 0 Å². The third-order valence-corrected chi connectivity index (χ3v) is 3.29. The van der Waals surface area contributed by atoms with E-state index in [2.05, 4.69) is 23.2 Å². The molecule has 1 heterocycles. The highest BCUT2D eigenvalue weighted by Gasteiger charge is 2.16. The summed E-state index contributed by atoms with van der Waals surface area (Å²) in [6.07, 6.45) is 9.03. The molecule has 1 aromatic carbocycles. The second-order valence-corrected chi connectivity index (χ2v) is 4.35. The van der Waals surface area contributed by atoms with Gasteiger partial charge in [-0.05, 0) is 42.5 Å². The number of nitrogens with zero attached hydrogens (tertiary/aromatic N) is 2. The lowest BCUT2D eigenvalue weighted by Crippen LogP contribution is -2.17. The van der Waals surface area contributed by atoms with Gasteiger partial charge in [0.1, 0.15) is 0 Å². The lowest BCUT2D eigenvalue weighted by molar-refractivity contribution is 0.570. The quantitative estimate of drug-likeness (QED) is 0.789. The molecule has 0 aliphatic heterocycles. The zero-order valence-electron chi connectivity index (χ0n) is 9.13. The molecule has 0 spiro atoms. The SMILES string of the molecule is NC1CCCc2cc(-n3ccnc3)ccc21. The third-order valence-electron chi connectivity index (χ3n) is 3.29. The normalized spacial score (nSPS) is 19.4. The molecule has 3 heteroatoms. The Bertz CT molecular complexity index is 488. The lowest BCUT2D eigenvalue weighted by atomic mass is 9.88. The summed E-state index contributed by atoms with van der Waals surface area (Å²) in [6, 6.07) is 6.73. The Morgan fingerprint density at radius 3 is 3.12 bits per heavy atom. The molecule has 1 aliphatic carbocycles. The maximum atomic E-state index is 6.10. The van der Waals surface area contributed by atoms with Gasteiger partial charge in [-0.15, -0.1) is 0 Å². The summed E-state index contributed by atoms with van der Waals surface area (Å²) < 4.78 is 2.03. The van der Waals surface area contributed by atoms with E-state index in [-0.39, 0.29) is 6.04 Å². The van der Waals surface area contributed by atoms with Gasteiger partial charge in [0.05, 0.1) is 6.33 Å². The van der Waals surface area contributed by atoms with Crippen molar-refractivity contribution in [3.8, 4) is 5.69 Å². The molecule has 0 amide bonds. The average molecular weight is 213 g/mol. The minimum Gasteiger partial charge on any atom is -0.324 e. The summed E-state index contributed by atoms with van der Waals surface area (Å²) in [6.45, 7) is 0. The second kappa shape index (κ2) is 3.76. The molecule has 0 saturated heterocycles. The summed E-state index contributed by atoms with van der Waals surface area (Å²) in [5.41, 5.74) is 9.98. The van der Waals surface area contributed by atoms with Crippen LogP contribution in [0, 0.1) is 0 Å². The Hall–Kier alpha value is -1.61. The Labute approximate surface area is 94.9 Å². The number of fused-ring (bicyclic) bond motifs is 1. The Balaban J connectivity index is 2.05. The predicted octanol–water partition coefficient (Wildman–Crippen LogP) is 2.21. The van der Waals surface area contributed by atoms with Crippen molar-refractivity contribution in [1.82, 2.24) is 9.55 Å². The van der Waals surface area contributed by atoms with Gasteiger partial charge in [0.2, 0.25) is 0 Å². The first-order chi connectivity index (χ1) is 7.84. The summed E-state index contributed by atoms with van der Waals surface area (Å²) in [7, 11) is 0. The molecule has 1 unspecified atom stereocenters. The van der Waals surface area contributed by atoms with Crippen molar-refractivity contribution < 1.29 is 0 Å². The smallest absolute Gasteiger partial charge is 0.0991 e. The van der Waals surface area contributed by atoms with Crippen molar-refractivity contribution in [3.05, 3.63) is 48.0 Å². The predicted molar refractivity (Wildman–Crippen MR) is 63.4 cm³/mol. The van der Waals surface area contributed by atoms with E-state index in [1.54, 1.807) is 6.20 Å². The minimum absolute atomic E-state index is 0.223. The molecule has 0 radical (unpaired) electrons. The van der Waals surface area contributed by atoms with Crippen molar-refractivity contribution in [2.24, 2.45) is 5.73 Å². The second-order valence-electron chi connectivity index (χ2n) is 4.35. The van der Waals surface area contributed by atoms with Crippen LogP contribution in [0.15, 0.2) is 36.9 Å². The molecule has 2 N–H and O–H groups in total. The van der Waals surface area contributed by atoms with Crippen LogP contribution in [0.2, 0.25) is 0 Å². The number of rotatable bonds is 1. The molecule has 0 fully saturated rings. The number of imidazole rings is 1. The van der Waals surface area contributed by atoms with Gasteiger partial charge in [0.25, 0.3) is 0 Å². The van der Waals surface area contributed by atoms with Crippen molar-refractivity contribution in [2.45, 2.75) is 25.3 Å². The van der Waals surface area contributed by atoms with Crippen LogP contribution < -0.4 is 5.73 Å². The Kier molecular flexibility index (Phi) is 2.26. The van der Waals surface area contributed by atoms with Gasteiger partial charge in [-0.25, -0.2) is 4.98 Å². The molecule has 3 rings (SSSR count). The lowest BCUT2D eigenvalue weighted by Gasteiger charge is -2.22. The topological polar surface area (TPSA) is 43.8 Å². The number of benzene rings is 1. The van der Waals surface area contributed by atoms with E-state index in [0.717, 1.165) is 12.8 Å². The van der Waals surface area contributed by atoms with Gasteiger partial charge in [0, 0.05) is 24.1 Å². The van der Waals surface area contributed by atoms with Crippen molar-refractivity contribution in [1.29, 1.82) is 0 Å². The maximum Gasteiger partial charge on any atom is 0.0991 e. The third kappa shape index (κ3) is 1.53. The van der Waals surface area contributed by atoms with Crippen LogP contribution in [-0.2, 0) is 6.42 Å². The summed E-state index contributed by atoms with van der Waals surface area (Å²) in [5.74, 6) is 0. The van der Waals surface area contributed by atoms with E-state index in [0.29, 0.717) is 0 Å². The monoisotopic (exact) mass is 213 g/mol. The van der Waals surface area contributed by atoms with Gasteiger partial charge < -0.3 is 10.3 Å². The molecular weight excluding hydrogens is 198 g/mol. The van der Waals surface area contributed by atoms with E-state index in [1.165, 1.54) is 23.2 Å². The highest BCUT2D eigenvalue weighted by Crippen LogP contribution is 2.29. The summed E-state index contributed by atoms with van der Waals surface area (Å²) in [4.78, 5) is 4.06. The van der Waals surface area contributed by atoms with Crippen LogP contribution in [0.3, 0.4) is 0 Å². The van der Waals surface area contributed by atoms with Crippen LogP contribution in [0.5, 0.6) is 0 Å². The zero-order chi connectivity index (χ0) is 11.0. The van der Waals surface area contributed by atoms with E-state index in [9.17, 15) is 0 Å². The molecule has 3 nitrogen and oxygen atoms in total. The van der Waals surface area contributed by atoms with Crippen LogP contribution in [0.4, 0.5) is 0 Å². The van der Waals surface area contributed by atoms with Gasteiger partial charge in [-0.1, -0.05) is 6.07 Å². The maximum absolute atomic E-state index is 6.10. The minimum atomic E-state index is 0.223. The van der Waals surface area contributed by atoms with Crippen molar-refractivity contribution in [3.63, 3.8) is 0 Å². The average Bonchev–Trinajstić information content (AvgIpc) is 2.82. The standard InChI is InChI=1S/C13H15N3/c14-13-3-1-2-10-8-11(4-5-12(10)13)16-7-6-15-9-16/h4-9,13H,1-3,14H2. The number of aryl methyl sites for hydroxylation is 1. The van der Waals surface area contributed by atoms with Gasteiger partial charge >= 0.3 is 0 Å². The number of nitrogens with two attached hydrogens (primary N) is 1. The fraction of sp³-hybridized carbons (Fsp3) is 0.308. The molecule has 1 atom stereocenters. The van der Waals surface area contributed by atoms with Crippen LogP contribution in [-0.4, -0.2) is 9.55 Å². The fourth-order valence-corrected chi connectivity index (χ4v) is 2.41. The van der Waals surface area contributed by atoms with Gasteiger partial charge in [-0.2, -0.15) is 0 Å². The van der Waals surface area contributed by atoms with Crippen LogP contribution in [0.1, 0.15) is 30.0 Å². The highest BCUT2D eigenvalue weighted by atomic mass is 15.0. The van der Waals surface area contributed by atoms with E-state index < -0.39 is 0 Å². The molecule has 0 bridgehead atoms. The fourth-order valence-electron chi connectivity index (χ4n) is 2.41. The van der Waals surface area contributed by atoms with Crippen LogP contribution in [0.25, 0.3) is 5.69 Å². The van der Waals surface area contributed by atoms with E-state index in [1.807, 2.05) is 17.1 Å². The molecule has 16 heavy (non-hydrogen) atoms. The highest BCUT2D eigenvalue weighted by molar-refractivity contribution is 5.43. The van der Waals surface area contributed by atoms with Gasteiger partial charge in [-0.3, -0.25) is 0 Å².